The first kappa shape index (κ1) is 20.6. The van der Waals surface area contributed by atoms with Crippen LogP contribution >= 0.6 is 23.2 Å². The Kier molecular flexibility index (Phi) is 6.94. The lowest BCUT2D eigenvalue weighted by molar-refractivity contribution is -0.123. The van der Waals surface area contributed by atoms with Gasteiger partial charge in [0.1, 0.15) is 0 Å². The first-order valence-corrected chi connectivity index (χ1v) is 10.1. The summed E-state index contributed by atoms with van der Waals surface area (Å²) >= 11 is 12.1. The molecule has 1 heterocycles. The maximum absolute atomic E-state index is 12.6. The topological polar surface area (TPSA) is 61.4 Å². The van der Waals surface area contributed by atoms with Crippen LogP contribution in [0.1, 0.15) is 19.8 Å². The van der Waals surface area contributed by atoms with E-state index >= 15 is 0 Å². The Morgan fingerprint density at radius 3 is 2.39 bits per heavy atom. The zero-order valence-electron chi connectivity index (χ0n) is 15.6. The van der Waals surface area contributed by atoms with Crippen LogP contribution in [-0.4, -0.2) is 35.8 Å². The molecule has 2 aromatic rings. The number of piperidine rings is 1. The number of nitrogens with zero attached hydrogens (tertiary/aromatic N) is 1. The molecule has 0 saturated carbocycles. The third-order valence-electron chi connectivity index (χ3n) is 5.06. The molecular weight excluding hydrogens is 397 g/mol. The van der Waals surface area contributed by atoms with Gasteiger partial charge in [-0.25, -0.2) is 0 Å². The highest BCUT2D eigenvalue weighted by atomic mass is 35.5. The molecule has 5 nitrogen and oxygen atoms in total. The Labute approximate surface area is 175 Å². The number of hydrogen-bond donors (Lipinski definition) is 2. The first-order valence-electron chi connectivity index (χ1n) is 9.30. The maximum atomic E-state index is 12.6. The van der Waals surface area contributed by atoms with Gasteiger partial charge in [-0.3, -0.25) is 14.5 Å². The molecule has 1 unspecified atom stereocenters. The van der Waals surface area contributed by atoms with Crippen molar-refractivity contribution in [2.75, 3.05) is 23.7 Å². The molecule has 0 aromatic heterocycles. The highest BCUT2D eigenvalue weighted by molar-refractivity contribution is 6.35. The summed E-state index contributed by atoms with van der Waals surface area (Å²) in [4.78, 5) is 27.1. The lowest BCUT2D eigenvalue weighted by atomic mass is 9.94. The van der Waals surface area contributed by atoms with Gasteiger partial charge in [-0.05, 0) is 63.2 Å². The van der Waals surface area contributed by atoms with Crippen LogP contribution in [0.5, 0.6) is 0 Å². The number of benzene rings is 2. The minimum Gasteiger partial charge on any atom is -0.326 e. The molecule has 0 aliphatic carbocycles. The molecule has 2 amide bonds. The van der Waals surface area contributed by atoms with Gasteiger partial charge in [0.25, 0.3) is 0 Å². The highest BCUT2D eigenvalue weighted by Crippen LogP contribution is 2.26. The van der Waals surface area contributed by atoms with Crippen LogP contribution in [0.25, 0.3) is 0 Å². The monoisotopic (exact) mass is 419 g/mol. The first-order chi connectivity index (χ1) is 13.4. The van der Waals surface area contributed by atoms with Crippen LogP contribution in [0.3, 0.4) is 0 Å². The van der Waals surface area contributed by atoms with E-state index < -0.39 is 0 Å². The van der Waals surface area contributed by atoms with Crippen molar-refractivity contribution in [1.29, 1.82) is 0 Å². The van der Waals surface area contributed by atoms with Crippen molar-refractivity contribution in [3.05, 3.63) is 58.6 Å². The summed E-state index contributed by atoms with van der Waals surface area (Å²) in [5.41, 5.74) is 1.31. The van der Waals surface area contributed by atoms with Crippen molar-refractivity contribution in [3.63, 3.8) is 0 Å². The highest BCUT2D eigenvalue weighted by Gasteiger charge is 2.30. The largest absolute Gasteiger partial charge is 0.326 e. The van der Waals surface area contributed by atoms with Crippen molar-refractivity contribution < 1.29 is 9.59 Å². The van der Waals surface area contributed by atoms with Crippen LogP contribution in [0.2, 0.25) is 10.0 Å². The van der Waals surface area contributed by atoms with Crippen LogP contribution < -0.4 is 10.6 Å². The number of halogens is 2. The molecule has 0 radical (unpaired) electrons. The average molecular weight is 420 g/mol. The van der Waals surface area contributed by atoms with Crippen molar-refractivity contribution in [2.45, 2.75) is 25.8 Å². The number of likely N-dealkylation sites (tertiary alicyclic amines) is 1. The lowest BCUT2D eigenvalue weighted by Gasteiger charge is -2.34. The molecule has 2 N–H and O–H groups in total. The van der Waals surface area contributed by atoms with Crippen LogP contribution in [0.15, 0.2) is 48.5 Å². The molecule has 1 fully saturated rings. The molecule has 0 bridgehead atoms. The average Bonchev–Trinajstić information content (AvgIpc) is 2.71. The van der Waals surface area contributed by atoms with Gasteiger partial charge in [0.15, 0.2) is 0 Å². The second-order valence-electron chi connectivity index (χ2n) is 6.95. The SMILES string of the molecule is CC(C(=O)Nc1cc(Cl)ccc1Cl)N1CCC(C(=O)Nc2ccccc2)CC1. The molecule has 3 rings (SSSR count). The Balaban J connectivity index is 1.51. The molecule has 1 aliphatic heterocycles. The van der Waals surface area contributed by atoms with E-state index in [1.807, 2.05) is 37.3 Å². The van der Waals surface area contributed by atoms with Crippen molar-refractivity contribution in [1.82, 2.24) is 4.90 Å². The van der Waals surface area contributed by atoms with E-state index in [1.165, 1.54) is 0 Å². The quantitative estimate of drug-likeness (QED) is 0.739. The fourth-order valence-corrected chi connectivity index (χ4v) is 3.65. The van der Waals surface area contributed by atoms with Crippen molar-refractivity contribution in [3.8, 4) is 0 Å². The van der Waals surface area contributed by atoms with Gasteiger partial charge < -0.3 is 10.6 Å². The molecule has 1 aliphatic rings. The number of carbonyl (C=O) groups excluding carboxylic acids is 2. The third kappa shape index (κ3) is 5.25. The molecule has 7 heteroatoms. The van der Waals surface area contributed by atoms with Gasteiger partial charge >= 0.3 is 0 Å². The normalized spacial score (nSPS) is 16.4. The Morgan fingerprint density at radius 2 is 1.71 bits per heavy atom. The fourth-order valence-electron chi connectivity index (χ4n) is 3.31. The van der Waals surface area contributed by atoms with Crippen LogP contribution in [0, 0.1) is 5.92 Å². The van der Waals surface area contributed by atoms with Gasteiger partial charge in [0, 0.05) is 16.6 Å². The lowest BCUT2D eigenvalue weighted by Crippen LogP contribution is -2.47. The van der Waals surface area contributed by atoms with E-state index in [-0.39, 0.29) is 23.8 Å². The third-order valence-corrected chi connectivity index (χ3v) is 5.62. The zero-order valence-corrected chi connectivity index (χ0v) is 17.1. The molecule has 0 spiro atoms. The molecule has 148 valence electrons. The number of rotatable bonds is 5. The number of nitrogens with one attached hydrogen (secondary N) is 2. The number of amides is 2. The van der Waals surface area contributed by atoms with Crippen LogP contribution in [0.4, 0.5) is 11.4 Å². The smallest absolute Gasteiger partial charge is 0.241 e. The molecular formula is C21H23Cl2N3O2. The van der Waals surface area contributed by atoms with Gasteiger partial charge in [0.05, 0.1) is 16.8 Å². The summed E-state index contributed by atoms with van der Waals surface area (Å²) in [6.45, 7) is 3.23. The predicted octanol–water partition coefficient (Wildman–Crippen LogP) is 4.67. The van der Waals surface area contributed by atoms with E-state index in [0.29, 0.717) is 41.7 Å². The fraction of sp³-hybridized carbons (Fsp3) is 0.333. The Bertz CT molecular complexity index is 837. The van der Waals surface area contributed by atoms with Crippen molar-refractivity contribution in [2.24, 2.45) is 5.92 Å². The van der Waals surface area contributed by atoms with E-state index in [9.17, 15) is 9.59 Å². The van der Waals surface area contributed by atoms with Gasteiger partial charge in [-0.2, -0.15) is 0 Å². The summed E-state index contributed by atoms with van der Waals surface area (Å²) in [5.74, 6) is -0.154. The van der Waals surface area contributed by atoms with E-state index in [4.69, 9.17) is 23.2 Å². The van der Waals surface area contributed by atoms with Gasteiger partial charge in [-0.1, -0.05) is 41.4 Å². The van der Waals surface area contributed by atoms with E-state index in [2.05, 4.69) is 15.5 Å². The standard InChI is InChI=1S/C21H23Cl2N3O2/c1-14(20(27)25-19-13-16(22)7-8-18(19)23)26-11-9-15(10-12-26)21(28)24-17-5-3-2-4-6-17/h2-8,13-15H,9-12H2,1H3,(H,24,28)(H,25,27). The number of para-hydroxylation sites is 1. The Hall–Kier alpha value is -2.08. The molecule has 28 heavy (non-hydrogen) atoms. The van der Waals surface area contributed by atoms with Gasteiger partial charge in [-0.15, -0.1) is 0 Å². The number of hydrogen-bond acceptors (Lipinski definition) is 3. The summed E-state index contributed by atoms with van der Waals surface area (Å²) in [6, 6.07) is 14.1. The molecule has 1 atom stereocenters. The molecule has 1 saturated heterocycles. The second kappa shape index (κ2) is 9.41. The minimum atomic E-state index is -0.326. The summed E-state index contributed by atoms with van der Waals surface area (Å²) in [7, 11) is 0. The Morgan fingerprint density at radius 1 is 1.04 bits per heavy atom. The number of carbonyl (C=O) groups is 2. The minimum absolute atomic E-state index is 0.0358. The van der Waals surface area contributed by atoms with Crippen molar-refractivity contribution >= 4 is 46.4 Å². The predicted molar refractivity (Wildman–Crippen MR) is 114 cm³/mol. The van der Waals surface area contributed by atoms with Gasteiger partial charge in [0.2, 0.25) is 11.8 Å². The molecule has 2 aromatic carbocycles. The summed E-state index contributed by atoms with van der Waals surface area (Å²) in [5, 5.41) is 6.75. The van der Waals surface area contributed by atoms with E-state index in [1.54, 1.807) is 18.2 Å². The van der Waals surface area contributed by atoms with E-state index in [0.717, 1.165) is 5.69 Å². The summed E-state index contributed by atoms with van der Waals surface area (Å²) < 4.78 is 0. The second-order valence-corrected chi connectivity index (χ2v) is 7.80. The number of anilines is 2. The zero-order chi connectivity index (χ0) is 20.1. The summed E-state index contributed by atoms with van der Waals surface area (Å²) in [6.07, 6.45) is 1.43. The van der Waals surface area contributed by atoms with Crippen LogP contribution in [-0.2, 0) is 9.59 Å². The maximum Gasteiger partial charge on any atom is 0.241 e.